The zero-order valence-corrected chi connectivity index (χ0v) is 7.28. The topological polar surface area (TPSA) is 57.4 Å². The van der Waals surface area contributed by atoms with E-state index in [1.54, 1.807) is 6.20 Å². The van der Waals surface area contributed by atoms with E-state index in [1.165, 1.54) is 0 Å². The van der Waals surface area contributed by atoms with Crippen LogP contribution in [-0.2, 0) is 0 Å². The highest BCUT2D eigenvalue weighted by atomic mass is 15.3. The molecule has 4 nitrogen and oxygen atoms in total. The Morgan fingerprint density at radius 3 is 3.00 bits per heavy atom. The Labute approximate surface area is 80.0 Å². The molecule has 2 aromatic heterocycles. The van der Waals surface area contributed by atoms with Gasteiger partial charge in [-0.1, -0.05) is 23.4 Å². The van der Waals surface area contributed by atoms with E-state index in [1.807, 2.05) is 24.3 Å². The van der Waals surface area contributed by atoms with E-state index < -0.39 is 0 Å². The van der Waals surface area contributed by atoms with Crippen molar-refractivity contribution in [1.29, 1.82) is 0 Å². The average molecular weight is 183 g/mol. The van der Waals surface area contributed by atoms with Crippen molar-refractivity contribution in [2.24, 2.45) is 0 Å². The van der Waals surface area contributed by atoms with E-state index in [4.69, 9.17) is 0 Å². The van der Waals surface area contributed by atoms with Crippen molar-refractivity contribution >= 4 is 10.9 Å². The fraction of sp³-hybridized carbons (Fsp3) is 0. The highest BCUT2D eigenvalue weighted by molar-refractivity contribution is 5.93. The van der Waals surface area contributed by atoms with E-state index >= 15 is 0 Å². The van der Waals surface area contributed by atoms with Crippen molar-refractivity contribution in [3.63, 3.8) is 0 Å². The minimum Gasteiger partial charge on any atom is -0.353 e. The molecule has 2 N–H and O–H groups in total. The van der Waals surface area contributed by atoms with Crippen LogP contribution >= 0.6 is 0 Å². The molecule has 0 saturated carbocycles. The van der Waals surface area contributed by atoms with Crippen molar-refractivity contribution in [1.82, 2.24) is 20.4 Å². The second-order valence-corrected chi connectivity index (χ2v) is 3.03. The van der Waals surface area contributed by atoms with Crippen molar-refractivity contribution in [3.05, 3.63) is 36.7 Å². The largest absolute Gasteiger partial charge is 0.353 e. The summed E-state index contributed by atoms with van der Waals surface area (Å²) in [5.41, 5.74) is 2.82. The van der Waals surface area contributed by atoms with Gasteiger partial charge < -0.3 is 4.98 Å². The van der Waals surface area contributed by atoms with Gasteiger partial charge in [0.2, 0.25) is 0 Å². The molecule has 67 valence electrons. The van der Waals surface area contributed by atoms with Crippen LogP contribution in [0, 0.1) is 6.20 Å². The molecular weight excluding hydrogens is 176 g/mol. The van der Waals surface area contributed by atoms with Crippen LogP contribution in [0.1, 0.15) is 0 Å². The standard InChI is InChI=1S/C10H7N4/c1-2-4-9-7(3-1)8(5-11-9)10-6-12-14-13-10/h1-4,6,11H,(H,12,13,14). The minimum absolute atomic E-state index is 0.808. The predicted molar refractivity (Wildman–Crippen MR) is 52.5 cm³/mol. The summed E-state index contributed by atoms with van der Waals surface area (Å²) in [6.45, 7) is 0. The average Bonchev–Trinajstić information content (AvgIpc) is 2.85. The number of rotatable bonds is 1. The van der Waals surface area contributed by atoms with Gasteiger partial charge in [-0.2, -0.15) is 0 Å². The van der Waals surface area contributed by atoms with Crippen LogP contribution in [0.2, 0.25) is 0 Å². The van der Waals surface area contributed by atoms with Crippen LogP contribution in [0.25, 0.3) is 22.2 Å². The Hall–Kier alpha value is -2.10. The molecule has 0 saturated heterocycles. The minimum atomic E-state index is 0.808. The first kappa shape index (κ1) is 7.32. The van der Waals surface area contributed by atoms with Gasteiger partial charge in [0.25, 0.3) is 0 Å². The van der Waals surface area contributed by atoms with Crippen LogP contribution in [0.5, 0.6) is 0 Å². The number of para-hydroxylation sites is 1. The Morgan fingerprint density at radius 2 is 2.14 bits per heavy atom. The molecule has 0 aliphatic carbocycles. The van der Waals surface area contributed by atoms with E-state index in [-0.39, 0.29) is 0 Å². The number of aromatic amines is 2. The first-order valence-corrected chi connectivity index (χ1v) is 4.30. The van der Waals surface area contributed by atoms with Gasteiger partial charge in [-0.15, -0.1) is 5.10 Å². The Kier molecular flexibility index (Phi) is 1.41. The van der Waals surface area contributed by atoms with Gasteiger partial charge in [0, 0.05) is 16.5 Å². The summed E-state index contributed by atoms with van der Waals surface area (Å²) in [5, 5.41) is 11.4. The summed E-state index contributed by atoms with van der Waals surface area (Å²) in [4.78, 5) is 3.07. The van der Waals surface area contributed by atoms with Gasteiger partial charge in [-0.25, -0.2) is 0 Å². The normalized spacial score (nSPS) is 10.9. The molecule has 0 aliphatic heterocycles. The van der Waals surface area contributed by atoms with Crippen molar-refractivity contribution in [2.75, 3.05) is 0 Å². The van der Waals surface area contributed by atoms with Crippen LogP contribution < -0.4 is 0 Å². The number of fused-ring (bicyclic) bond motifs is 1. The number of nitrogens with one attached hydrogen (secondary N) is 2. The van der Waals surface area contributed by atoms with Crippen molar-refractivity contribution in [3.8, 4) is 11.3 Å². The van der Waals surface area contributed by atoms with Gasteiger partial charge in [0.1, 0.15) is 5.69 Å². The van der Waals surface area contributed by atoms with E-state index in [9.17, 15) is 0 Å². The maximum absolute atomic E-state index is 3.95. The first-order valence-electron chi connectivity index (χ1n) is 4.30. The third-order valence-electron chi connectivity index (χ3n) is 2.19. The lowest BCUT2D eigenvalue weighted by atomic mass is 10.1. The molecule has 0 bridgehead atoms. The second kappa shape index (κ2) is 2.70. The maximum atomic E-state index is 3.95. The van der Waals surface area contributed by atoms with Gasteiger partial charge in [-0.3, -0.25) is 5.10 Å². The number of hydrogen-bond acceptors (Lipinski definition) is 2. The highest BCUT2D eigenvalue weighted by Crippen LogP contribution is 2.25. The Morgan fingerprint density at radius 1 is 1.21 bits per heavy atom. The molecule has 0 spiro atoms. The number of benzene rings is 1. The molecule has 14 heavy (non-hydrogen) atoms. The smallest absolute Gasteiger partial charge is 0.115 e. The summed E-state index contributed by atoms with van der Waals surface area (Å²) >= 11 is 0. The van der Waals surface area contributed by atoms with Crippen LogP contribution in [0.3, 0.4) is 0 Å². The molecule has 0 aliphatic rings. The predicted octanol–water partition coefficient (Wildman–Crippen LogP) is 1.75. The quantitative estimate of drug-likeness (QED) is 0.603. The van der Waals surface area contributed by atoms with E-state index in [0.29, 0.717) is 0 Å². The lowest BCUT2D eigenvalue weighted by Crippen LogP contribution is -1.74. The Bertz CT molecular complexity index is 550. The van der Waals surface area contributed by atoms with Crippen molar-refractivity contribution in [2.45, 2.75) is 0 Å². The third kappa shape index (κ3) is 0.939. The van der Waals surface area contributed by atoms with E-state index in [2.05, 4.69) is 26.6 Å². The van der Waals surface area contributed by atoms with Crippen LogP contribution in [0.4, 0.5) is 0 Å². The fourth-order valence-electron chi connectivity index (χ4n) is 1.53. The maximum Gasteiger partial charge on any atom is 0.115 e. The molecule has 0 unspecified atom stereocenters. The summed E-state index contributed by atoms with van der Waals surface area (Å²) in [7, 11) is 0. The Balaban J connectivity index is 2.33. The lowest BCUT2D eigenvalue weighted by Gasteiger charge is -1.90. The molecule has 1 radical (unpaired) electrons. The SMILES string of the molecule is [c]1[nH]c2ccccc2c1-c1c[nH]nn1. The molecule has 2 heterocycles. The molecule has 0 atom stereocenters. The van der Waals surface area contributed by atoms with Crippen molar-refractivity contribution < 1.29 is 0 Å². The van der Waals surface area contributed by atoms with Crippen LogP contribution in [-0.4, -0.2) is 20.4 Å². The molecule has 3 rings (SSSR count). The number of aromatic nitrogens is 4. The third-order valence-corrected chi connectivity index (χ3v) is 2.19. The first-order chi connectivity index (χ1) is 6.95. The summed E-state index contributed by atoms with van der Waals surface area (Å²) in [6, 6.07) is 8.02. The molecule has 4 heteroatoms. The number of H-pyrrole nitrogens is 2. The zero-order valence-electron chi connectivity index (χ0n) is 7.28. The summed E-state index contributed by atoms with van der Waals surface area (Å²) in [5.74, 6) is 0. The van der Waals surface area contributed by atoms with E-state index in [0.717, 1.165) is 22.2 Å². The van der Waals surface area contributed by atoms with Gasteiger partial charge in [-0.05, 0) is 6.07 Å². The van der Waals surface area contributed by atoms with Gasteiger partial charge in [0.05, 0.1) is 12.4 Å². The molecule has 1 aromatic carbocycles. The number of hydrogen-bond donors (Lipinski definition) is 2. The lowest BCUT2D eigenvalue weighted by molar-refractivity contribution is 0.942. The molecule has 3 aromatic rings. The highest BCUT2D eigenvalue weighted by Gasteiger charge is 2.07. The molecule has 0 amide bonds. The van der Waals surface area contributed by atoms with Gasteiger partial charge in [0.15, 0.2) is 0 Å². The fourth-order valence-corrected chi connectivity index (χ4v) is 1.53. The monoisotopic (exact) mass is 183 g/mol. The molecular formula is C10H7N4. The summed E-state index contributed by atoms with van der Waals surface area (Å²) in [6.07, 6.45) is 4.82. The second-order valence-electron chi connectivity index (χ2n) is 3.03. The summed E-state index contributed by atoms with van der Waals surface area (Å²) < 4.78 is 0. The zero-order chi connectivity index (χ0) is 9.38. The van der Waals surface area contributed by atoms with Gasteiger partial charge >= 0.3 is 0 Å². The van der Waals surface area contributed by atoms with Crippen LogP contribution in [0.15, 0.2) is 30.5 Å². The molecule has 0 fully saturated rings. The number of nitrogens with zero attached hydrogens (tertiary/aromatic N) is 2.